The molecule has 1 fully saturated rings. The molecule has 6 nitrogen and oxygen atoms in total. The second-order valence-corrected chi connectivity index (χ2v) is 9.38. The standard InChI is InChI=1S/C24H30N2O4S/c1-7-11-25-19-10-9-17(12-18(19)15(3)14-24(25,5)6)13-20-21(27)26(23(29)31-20)16(4)22(28)30-8-2/h9-10,12-14,16H,7-8,11H2,1-6H3/b20-13-. The Labute approximate surface area is 188 Å². The summed E-state index contributed by atoms with van der Waals surface area (Å²) >= 11 is 0.853. The van der Waals surface area contributed by atoms with Crippen LogP contribution in [-0.4, -0.2) is 46.7 Å². The average Bonchev–Trinajstić information content (AvgIpc) is 2.97. The summed E-state index contributed by atoms with van der Waals surface area (Å²) in [6.07, 6.45) is 5.03. The van der Waals surface area contributed by atoms with Crippen molar-refractivity contribution >= 4 is 46.2 Å². The molecule has 2 amide bonds. The molecule has 0 N–H and O–H groups in total. The minimum atomic E-state index is -0.947. The van der Waals surface area contributed by atoms with E-state index in [1.54, 1.807) is 13.0 Å². The van der Waals surface area contributed by atoms with Gasteiger partial charge in [-0.3, -0.25) is 14.5 Å². The maximum absolute atomic E-state index is 12.8. The molecule has 2 heterocycles. The molecule has 7 heteroatoms. The van der Waals surface area contributed by atoms with Crippen LogP contribution in [0.1, 0.15) is 59.1 Å². The Bertz CT molecular complexity index is 980. The molecule has 0 aliphatic carbocycles. The minimum absolute atomic E-state index is 0.0689. The van der Waals surface area contributed by atoms with Crippen LogP contribution in [0.3, 0.4) is 0 Å². The molecular weight excluding hydrogens is 412 g/mol. The summed E-state index contributed by atoms with van der Waals surface area (Å²) in [6.45, 7) is 13.0. The van der Waals surface area contributed by atoms with Gasteiger partial charge in [-0.15, -0.1) is 0 Å². The van der Waals surface area contributed by atoms with Crippen LogP contribution in [0.25, 0.3) is 11.6 Å². The number of anilines is 1. The number of benzene rings is 1. The third kappa shape index (κ3) is 4.42. The van der Waals surface area contributed by atoms with Gasteiger partial charge in [0, 0.05) is 17.8 Å². The Morgan fingerprint density at radius 3 is 2.61 bits per heavy atom. The molecule has 1 saturated heterocycles. The monoisotopic (exact) mass is 442 g/mol. The number of ether oxygens (including phenoxy) is 1. The van der Waals surface area contributed by atoms with E-state index >= 15 is 0 Å². The number of imide groups is 1. The van der Waals surface area contributed by atoms with Crippen LogP contribution in [0.15, 0.2) is 29.2 Å². The second kappa shape index (κ2) is 8.91. The van der Waals surface area contributed by atoms with Crippen LogP contribution in [0.4, 0.5) is 10.5 Å². The Morgan fingerprint density at radius 2 is 1.97 bits per heavy atom. The average molecular weight is 443 g/mol. The summed E-state index contributed by atoms with van der Waals surface area (Å²) in [4.78, 5) is 40.9. The van der Waals surface area contributed by atoms with Gasteiger partial charge in [0.1, 0.15) is 6.04 Å². The van der Waals surface area contributed by atoms with Crippen LogP contribution in [0.5, 0.6) is 0 Å². The first-order chi connectivity index (χ1) is 14.6. The number of carbonyl (C=O) groups is 3. The predicted octanol–water partition coefficient (Wildman–Crippen LogP) is 5.09. The fourth-order valence-corrected chi connectivity index (χ4v) is 5.06. The van der Waals surface area contributed by atoms with Gasteiger partial charge in [-0.25, -0.2) is 4.79 Å². The number of rotatable bonds is 6. The van der Waals surface area contributed by atoms with E-state index in [9.17, 15) is 14.4 Å². The van der Waals surface area contributed by atoms with E-state index in [1.807, 2.05) is 6.07 Å². The highest BCUT2D eigenvalue weighted by Gasteiger charge is 2.41. The van der Waals surface area contributed by atoms with E-state index in [1.165, 1.54) is 18.2 Å². The van der Waals surface area contributed by atoms with Gasteiger partial charge in [0.15, 0.2) is 0 Å². The molecule has 1 atom stereocenters. The maximum Gasteiger partial charge on any atom is 0.329 e. The lowest BCUT2D eigenvalue weighted by atomic mass is 9.88. The van der Waals surface area contributed by atoms with Crippen molar-refractivity contribution in [2.24, 2.45) is 0 Å². The number of fused-ring (bicyclic) bond motifs is 1. The topological polar surface area (TPSA) is 66.9 Å². The van der Waals surface area contributed by atoms with Crippen LogP contribution >= 0.6 is 11.8 Å². The summed E-state index contributed by atoms with van der Waals surface area (Å²) in [5.41, 5.74) is 4.26. The van der Waals surface area contributed by atoms with Crippen LogP contribution in [0, 0.1) is 0 Å². The third-order valence-electron chi connectivity index (χ3n) is 5.59. The molecule has 1 aromatic carbocycles. The summed E-state index contributed by atoms with van der Waals surface area (Å²) in [7, 11) is 0. The molecule has 2 aliphatic heterocycles. The zero-order chi connectivity index (χ0) is 22.9. The van der Waals surface area contributed by atoms with Crippen molar-refractivity contribution < 1.29 is 19.1 Å². The molecule has 0 bridgehead atoms. The van der Waals surface area contributed by atoms with Crippen molar-refractivity contribution in [3.63, 3.8) is 0 Å². The van der Waals surface area contributed by atoms with E-state index in [-0.39, 0.29) is 12.1 Å². The Kier molecular flexibility index (Phi) is 6.65. The molecule has 166 valence electrons. The summed E-state index contributed by atoms with van der Waals surface area (Å²) < 4.78 is 4.96. The fourth-order valence-electron chi connectivity index (χ4n) is 4.16. The van der Waals surface area contributed by atoms with Gasteiger partial charge in [0.2, 0.25) is 0 Å². The molecule has 1 aromatic rings. The van der Waals surface area contributed by atoms with E-state index in [2.05, 4.69) is 50.8 Å². The number of esters is 1. The number of carbonyl (C=O) groups excluding carboxylic acids is 3. The smallest absolute Gasteiger partial charge is 0.329 e. The van der Waals surface area contributed by atoms with E-state index in [0.29, 0.717) is 4.91 Å². The summed E-state index contributed by atoms with van der Waals surface area (Å²) in [5, 5.41) is -0.457. The van der Waals surface area contributed by atoms with Crippen LogP contribution in [-0.2, 0) is 14.3 Å². The number of hydrogen-bond acceptors (Lipinski definition) is 6. The number of thioether (sulfide) groups is 1. The van der Waals surface area contributed by atoms with Crippen molar-refractivity contribution in [3.05, 3.63) is 40.3 Å². The number of hydrogen-bond donors (Lipinski definition) is 0. The van der Waals surface area contributed by atoms with Gasteiger partial charge in [-0.05, 0) is 82.1 Å². The lowest BCUT2D eigenvalue weighted by molar-refractivity contribution is -0.150. The van der Waals surface area contributed by atoms with Gasteiger partial charge in [-0.2, -0.15) is 0 Å². The molecule has 0 spiro atoms. The maximum atomic E-state index is 12.8. The molecule has 3 rings (SSSR count). The van der Waals surface area contributed by atoms with Gasteiger partial charge >= 0.3 is 5.97 Å². The highest BCUT2D eigenvalue weighted by Crippen LogP contribution is 2.40. The summed E-state index contributed by atoms with van der Waals surface area (Å²) in [6, 6.07) is 5.17. The molecule has 0 saturated carbocycles. The summed E-state index contributed by atoms with van der Waals surface area (Å²) in [5.74, 6) is -1.05. The molecule has 1 unspecified atom stereocenters. The van der Waals surface area contributed by atoms with Gasteiger partial charge in [-0.1, -0.05) is 19.1 Å². The Balaban J connectivity index is 1.92. The zero-order valence-corrected chi connectivity index (χ0v) is 19.8. The Morgan fingerprint density at radius 1 is 1.26 bits per heavy atom. The fraction of sp³-hybridized carbons (Fsp3) is 0.458. The first-order valence-electron chi connectivity index (χ1n) is 10.7. The van der Waals surface area contributed by atoms with Crippen molar-refractivity contribution in [2.45, 2.75) is 59.5 Å². The largest absolute Gasteiger partial charge is 0.464 e. The van der Waals surface area contributed by atoms with E-state index in [0.717, 1.165) is 40.8 Å². The van der Waals surface area contributed by atoms with Crippen LogP contribution < -0.4 is 4.90 Å². The zero-order valence-electron chi connectivity index (χ0n) is 19.0. The molecule has 31 heavy (non-hydrogen) atoms. The van der Waals surface area contributed by atoms with Gasteiger partial charge in [0.25, 0.3) is 11.1 Å². The molecule has 0 radical (unpaired) electrons. The lowest BCUT2D eigenvalue weighted by Gasteiger charge is -2.43. The minimum Gasteiger partial charge on any atom is -0.464 e. The van der Waals surface area contributed by atoms with Gasteiger partial charge in [0.05, 0.1) is 17.1 Å². The van der Waals surface area contributed by atoms with Crippen molar-refractivity contribution in [2.75, 3.05) is 18.1 Å². The first kappa shape index (κ1) is 23.1. The third-order valence-corrected chi connectivity index (χ3v) is 6.47. The van der Waals surface area contributed by atoms with Crippen molar-refractivity contribution in [3.8, 4) is 0 Å². The number of amides is 2. The highest BCUT2D eigenvalue weighted by molar-refractivity contribution is 8.18. The van der Waals surface area contributed by atoms with Crippen molar-refractivity contribution in [1.29, 1.82) is 0 Å². The van der Waals surface area contributed by atoms with Crippen LogP contribution in [0.2, 0.25) is 0 Å². The normalized spacial score (nSPS) is 20.1. The Hall–Kier alpha value is -2.54. The van der Waals surface area contributed by atoms with Crippen molar-refractivity contribution in [1.82, 2.24) is 4.90 Å². The SMILES string of the molecule is CCCN1c2ccc(/C=C3\SC(=O)N(C(C)C(=O)OCC)C3=O)cc2C(C)=CC1(C)C. The predicted molar refractivity (Wildman–Crippen MR) is 126 cm³/mol. The van der Waals surface area contributed by atoms with E-state index in [4.69, 9.17) is 4.74 Å². The molecular formula is C24H30N2O4S. The number of allylic oxidation sites excluding steroid dienone is 1. The number of nitrogens with zero attached hydrogens (tertiary/aromatic N) is 2. The lowest BCUT2D eigenvalue weighted by Crippen LogP contribution is -2.45. The van der Waals surface area contributed by atoms with Gasteiger partial charge < -0.3 is 9.64 Å². The molecule has 0 aromatic heterocycles. The second-order valence-electron chi connectivity index (χ2n) is 8.39. The quantitative estimate of drug-likeness (QED) is 0.452. The molecule has 2 aliphatic rings. The first-order valence-corrected chi connectivity index (χ1v) is 11.5. The highest BCUT2D eigenvalue weighted by atomic mass is 32.2. The van der Waals surface area contributed by atoms with E-state index < -0.39 is 23.2 Å².